The van der Waals surface area contributed by atoms with Gasteiger partial charge in [-0.2, -0.15) is 5.10 Å². The minimum atomic E-state index is -0.536. The van der Waals surface area contributed by atoms with Gasteiger partial charge >= 0.3 is 0 Å². The molecule has 2 aliphatic heterocycles. The van der Waals surface area contributed by atoms with Crippen LogP contribution in [0.25, 0.3) is 11.1 Å². The number of carbonyl (C=O) groups excluding carboxylic acids is 1. The summed E-state index contributed by atoms with van der Waals surface area (Å²) in [6, 6.07) is 7.79. The van der Waals surface area contributed by atoms with Crippen LogP contribution < -0.4 is 10.5 Å². The summed E-state index contributed by atoms with van der Waals surface area (Å²) in [7, 11) is 3.53. The fraction of sp³-hybridized carbons (Fsp3) is 0.320. The fourth-order valence-corrected chi connectivity index (χ4v) is 4.63. The van der Waals surface area contributed by atoms with Gasteiger partial charge in [-0.3, -0.25) is 20.2 Å². The van der Waals surface area contributed by atoms with Crippen LogP contribution in [0.1, 0.15) is 32.9 Å². The van der Waals surface area contributed by atoms with E-state index in [1.807, 2.05) is 53.0 Å². The molecule has 0 saturated heterocycles. The summed E-state index contributed by atoms with van der Waals surface area (Å²) in [5.41, 5.74) is 12.6. The highest BCUT2D eigenvalue weighted by atomic mass is 16.5. The van der Waals surface area contributed by atoms with Crippen molar-refractivity contribution in [3.8, 4) is 16.9 Å². The molecule has 0 saturated carbocycles. The predicted octanol–water partition coefficient (Wildman–Crippen LogP) is 2.54. The topological polar surface area (TPSA) is 98.7 Å². The summed E-state index contributed by atoms with van der Waals surface area (Å²) >= 11 is 0. The van der Waals surface area contributed by atoms with Crippen LogP contribution in [0, 0.1) is 6.92 Å². The number of hydrogen-bond donors (Lipinski definition) is 1. The molecule has 1 amide bonds. The van der Waals surface area contributed by atoms with Gasteiger partial charge in [-0.15, -0.1) is 0 Å². The molecular formula is C25H28N6O3. The molecule has 9 nitrogen and oxygen atoms in total. The molecule has 0 radical (unpaired) electrons. The number of amides is 1. The molecule has 0 spiro atoms. The van der Waals surface area contributed by atoms with Crippen LogP contribution in [-0.2, 0) is 31.3 Å². The van der Waals surface area contributed by atoms with Gasteiger partial charge in [0.05, 0.1) is 25.0 Å². The molecule has 9 heteroatoms. The van der Waals surface area contributed by atoms with E-state index in [0.717, 1.165) is 45.8 Å². The minimum Gasteiger partial charge on any atom is -0.497 e. The first-order valence-electron chi connectivity index (χ1n) is 11.2. The Morgan fingerprint density at radius 2 is 2.03 bits per heavy atom. The summed E-state index contributed by atoms with van der Waals surface area (Å²) in [4.78, 5) is 21.8. The molecular weight excluding hydrogens is 432 g/mol. The number of carbonyl (C=O) groups is 1. The Labute approximate surface area is 198 Å². The van der Waals surface area contributed by atoms with Crippen LogP contribution in [-0.4, -0.2) is 50.5 Å². The van der Waals surface area contributed by atoms with Crippen LogP contribution in [0.2, 0.25) is 0 Å². The Morgan fingerprint density at radius 3 is 2.74 bits per heavy atom. The highest BCUT2D eigenvalue weighted by Gasteiger charge is 2.29. The lowest BCUT2D eigenvalue weighted by Gasteiger charge is -2.31. The zero-order valence-electron chi connectivity index (χ0n) is 19.6. The summed E-state index contributed by atoms with van der Waals surface area (Å²) in [6.45, 7) is 3.56. The van der Waals surface area contributed by atoms with Crippen molar-refractivity contribution >= 4 is 5.91 Å². The Hall–Kier alpha value is -3.85. The number of hydrogen-bond acceptors (Lipinski definition) is 7. The first-order chi connectivity index (χ1) is 16.4. The van der Waals surface area contributed by atoms with Gasteiger partial charge in [-0.05, 0) is 48.2 Å². The lowest BCUT2D eigenvalue weighted by molar-refractivity contribution is 0.0591. The smallest absolute Gasteiger partial charge is 0.254 e. The molecule has 2 N–H and O–H groups in total. The minimum absolute atomic E-state index is 0.00646. The molecule has 1 unspecified atom stereocenters. The second-order valence-corrected chi connectivity index (χ2v) is 8.62. The van der Waals surface area contributed by atoms with Gasteiger partial charge in [0.15, 0.2) is 0 Å². The van der Waals surface area contributed by atoms with Gasteiger partial charge in [0.25, 0.3) is 5.91 Å². The number of rotatable bonds is 6. The SMILES string of the molecule is COc1ccnc(CN2CCc3c(cc(CN4C=COC4N)cc3-c3cn(C)nc3C)C2=O)c1. The molecule has 0 fully saturated rings. The predicted molar refractivity (Wildman–Crippen MR) is 126 cm³/mol. The Bertz CT molecular complexity index is 1270. The van der Waals surface area contributed by atoms with Crippen molar-refractivity contribution in [3.63, 3.8) is 0 Å². The maximum absolute atomic E-state index is 13.7. The zero-order valence-corrected chi connectivity index (χ0v) is 19.6. The largest absolute Gasteiger partial charge is 0.497 e. The average Bonchev–Trinajstić information content (AvgIpc) is 3.39. The summed E-state index contributed by atoms with van der Waals surface area (Å²) in [5, 5.41) is 4.53. The zero-order chi connectivity index (χ0) is 23.8. The van der Waals surface area contributed by atoms with Crippen LogP contribution in [0.5, 0.6) is 5.75 Å². The molecule has 0 bridgehead atoms. The summed E-state index contributed by atoms with van der Waals surface area (Å²) in [6.07, 6.45) is 7.33. The maximum atomic E-state index is 13.7. The van der Waals surface area contributed by atoms with Crippen molar-refractivity contribution in [2.45, 2.75) is 32.8 Å². The van der Waals surface area contributed by atoms with Gasteiger partial charge in [-0.1, -0.05) is 0 Å². The monoisotopic (exact) mass is 460 g/mol. The summed E-state index contributed by atoms with van der Waals surface area (Å²) < 4.78 is 12.4. The quantitative estimate of drug-likeness (QED) is 0.604. The van der Waals surface area contributed by atoms with E-state index in [1.54, 1.807) is 25.6 Å². The maximum Gasteiger partial charge on any atom is 0.254 e. The van der Waals surface area contributed by atoms with E-state index in [9.17, 15) is 4.79 Å². The molecule has 34 heavy (non-hydrogen) atoms. The van der Waals surface area contributed by atoms with Crippen molar-refractivity contribution in [1.82, 2.24) is 24.6 Å². The second kappa shape index (κ2) is 8.83. The second-order valence-electron chi connectivity index (χ2n) is 8.62. The van der Waals surface area contributed by atoms with E-state index in [1.165, 1.54) is 0 Å². The van der Waals surface area contributed by atoms with Gasteiger partial charge in [0.1, 0.15) is 12.0 Å². The average molecular weight is 461 g/mol. The van der Waals surface area contributed by atoms with E-state index < -0.39 is 6.35 Å². The fourth-order valence-electron chi connectivity index (χ4n) is 4.63. The van der Waals surface area contributed by atoms with Gasteiger partial charge < -0.3 is 19.3 Å². The molecule has 2 aromatic heterocycles. The number of methoxy groups -OCH3 is 1. The Morgan fingerprint density at radius 1 is 1.21 bits per heavy atom. The molecule has 0 aliphatic carbocycles. The van der Waals surface area contributed by atoms with E-state index in [-0.39, 0.29) is 5.91 Å². The molecule has 4 heterocycles. The third kappa shape index (κ3) is 4.10. The van der Waals surface area contributed by atoms with E-state index in [2.05, 4.69) is 16.1 Å². The first kappa shape index (κ1) is 22.0. The number of aromatic nitrogens is 3. The van der Waals surface area contributed by atoms with Crippen molar-refractivity contribution in [2.75, 3.05) is 13.7 Å². The van der Waals surface area contributed by atoms with Crippen LogP contribution in [0.3, 0.4) is 0 Å². The van der Waals surface area contributed by atoms with E-state index >= 15 is 0 Å². The third-order valence-electron chi connectivity index (χ3n) is 6.30. The van der Waals surface area contributed by atoms with Crippen LogP contribution in [0.15, 0.2) is 49.1 Å². The summed E-state index contributed by atoms with van der Waals surface area (Å²) in [5.74, 6) is 0.719. The van der Waals surface area contributed by atoms with Crippen molar-refractivity contribution in [3.05, 3.63) is 77.2 Å². The first-order valence-corrected chi connectivity index (χ1v) is 11.2. The Balaban J connectivity index is 1.53. The molecule has 1 atom stereocenters. The molecule has 176 valence electrons. The number of benzene rings is 1. The Kier molecular flexibility index (Phi) is 5.70. The van der Waals surface area contributed by atoms with Gasteiger partial charge in [-0.25, -0.2) is 0 Å². The highest BCUT2D eigenvalue weighted by molar-refractivity contribution is 5.99. The van der Waals surface area contributed by atoms with Crippen molar-refractivity contribution in [2.24, 2.45) is 12.8 Å². The molecule has 5 rings (SSSR count). The number of ether oxygens (including phenoxy) is 2. The number of nitrogens with zero attached hydrogens (tertiary/aromatic N) is 5. The number of pyridine rings is 1. The molecule has 2 aliphatic rings. The third-order valence-corrected chi connectivity index (χ3v) is 6.30. The standard InChI is InChI=1S/C25H28N6O3/c1-16-23(15-29(2)28-16)21-10-17(13-31-8-9-34-25(31)26)11-22-20(21)5-7-30(24(22)32)14-18-12-19(33-3)4-6-27-18/h4,6,8-12,15,25H,5,7,13-14,26H2,1-3H3. The number of fused-ring (bicyclic) bond motifs is 1. The van der Waals surface area contributed by atoms with Gasteiger partial charge in [0, 0.05) is 55.9 Å². The number of aryl methyl sites for hydroxylation is 2. The van der Waals surface area contributed by atoms with E-state index in [4.69, 9.17) is 15.2 Å². The van der Waals surface area contributed by atoms with Crippen LogP contribution >= 0.6 is 0 Å². The van der Waals surface area contributed by atoms with Gasteiger partial charge in [0.2, 0.25) is 6.35 Å². The van der Waals surface area contributed by atoms with E-state index in [0.29, 0.717) is 25.2 Å². The molecule has 3 aromatic rings. The number of nitrogens with two attached hydrogens (primary N) is 1. The lowest BCUT2D eigenvalue weighted by atomic mass is 9.88. The molecule has 1 aromatic carbocycles. The normalized spacial score (nSPS) is 17.2. The lowest BCUT2D eigenvalue weighted by Crippen LogP contribution is -2.38. The highest BCUT2D eigenvalue weighted by Crippen LogP contribution is 2.34. The van der Waals surface area contributed by atoms with Crippen molar-refractivity contribution in [1.29, 1.82) is 0 Å². The van der Waals surface area contributed by atoms with Crippen LogP contribution in [0.4, 0.5) is 0 Å². The van der Waals surface area contributed by atoms with Crippen molar-refractivity contribution < 1.29 is 14.3 Å².